The van der Waals surface area contributed by atoms with E-state index >= 15 is 0 Å². The quantitative estimate of drug-likeness (QED) is 0.749. The van der Waals surface area contributed by atoms with Crippen LogP contribution in [0.5, 0.6) is 0 Å². The highest BCUT2D eigenvalue weighted by molar-refractivity contribution is 7.88. The van der Waals surface area contributed by atoms with Crippen molar-refractivity contribution in [2.24, 2.45) is 0 Å². The second-order valence-electron chi connectivity index (χ2n) is 6.54. The predicted octanol–water partition coefficient (Wildman–Crippen LogP) is 2.61. The van der Waals surface area contributed by atoms with Crippen LogP contribution >= 0.6 is 11.6 Å². The lowest BCUT2D eigenvalue weighted by Gasteiger charge is -2.33. The Hall–Kier alpha value is -2.44. The van der Waals surface area contributed by atoms with E-state index in [2.05, 4.69) is 15.3 Å². The molecule has 1 aromatic carbocycles. The number of anilines is 2. The van der Waals surface area contributed by atoms with E-state index in [9.17, 15) is 26.4 Å². The number of carbonyl (C=O) groups is 1. The zero-order valence-electron chi connectivity index (χ0n) is 15.6. The summed E-state index contributed by atoms with van der Waals surface area (Å²) in [5.41, 5.74) is -1.70. The summed E-state index contributed by atoms with van der Waals surface area (Å²) < 4.78 is 65.0. The SMILES string of the molecule is CS(=O)(=O)N1CCN(C(=O)c2cnc(Nc3cccc(Cl)c3)nc2C(F)(F)F)CC1. The highest BCUT2D eigenvalue weighted by Gasteiger charge is 2.39. The van der Waals surface area contributed by atoms with Gasteiger partial charge in [-0.1, -0.05) is 17.7 Å². The lowest BCUT2D eigenvalue weighted by Crippen LogP contribution is -2.50. The van der Waals surface area contributed by atoms with Gasteiger partial charge in [0, 0.05) is 43.1 Å². The molecule has 0 radical (unpaired) electrons. The van der Waals surface area contributed by atoms with Crippen molar-refractivity contribution in [1.29, 1.82) is 0 Å². The molecule has 8 nitrogen and oxygen atoms in total. The van der Waals surface area contributed by atoms with Gasteiger partial charge in [-0.15, -0.1) is 0 Å². The van der Waals surface area contributed by atoms with E-state index in [1.165, 1.54) is 6.07 Å². The molecule has 2 aromatic rings. The number of halogens is 4. The van der Waals surface area contributed by atoms with Crippen LogP contribution in [0.1, 0.15) is 16.1 Å². The van der Waals surface area contributed by atoms with Gasteiger partial charge in [-0.25, -0.2) is 18.4 Å². The zero-order chi connectivity index (χ0) is 22.1. The van der Waals surface area contributed by atoms with Crippen LogP contribution in [0.25, 0.3) is 0 Å². The largest absolute Gasteiger partial charge is 0.434 e. The second kappa shape index (κ2) is 8.36. The van der Waals surface area contributed by atoms with Crippen LogP contribution in [0.15, 0.2) is 30.5 Å². The van der Waals surface area contributed by atoms with Crippen molar-refractivity contribution in [2.45, 2.75) is 6.18 Å². The first-order valence-electron chi connectivity index (χ1n) is 8.66. The van der Waals surface area contributed by atoms with Crippen molar-refractivity contribution in [3.05, 3.63) is 46.7 Å². The van der Waals surface area contributed by atoms with Crippen molar-refractivity contribution in [1.82, 2.24) is 19.2 Å². The minimum atomic E-state index is -4.90. The number of amides is 1. The number of rotatable bonds is 4. The number of hydrogen-bond acceptors (Lipinski definition) is 6. The molecule has 3 rings (SSSR count). The molecule has 0 atom stereocenters. The van der Waals surface area contributed by atoms with Crippen LogP contribution in [-0.2, 0) is 16.2 Å². The van der Waals surface area contributed by atoms with Crippen LogP contribution < -0.4 is 5.32 Å². The summed E-state index contributed by atoms with van der Waals surface area (Å²) >= 11 is 5.85. The Morgan fingerprint density at radius 1 is 1.20 bits per heavy atom. The van der Waals surface area contributed by atoms with Crippen molar-refractivity contribution in [3.8, 4) is 0 Å². The maximum Gasteiger partial charge on any atom is 0.434 e. The summed E-state index contributed by atoms with van der Waals surface area (Å²) in [4.78, 5) is 21.2. The average Bonchev–Trinajstić information content (AvgIpc) is 2.66. The Labute approximate surface area is 175 Å². The van der Waals surface area contributed by atoms with Gasteiger partial charge in [0.1, 0.15) is 0 Å². The maximum absolute atomic E-state index is 13.6. The van der Waals surface area contributed by atoms with Gasteiger partial charge < -0.3 is 10.2 Å². The van der Waals surface area contributed by atoms with Crippen LogP contribution in [0, 0.1) is 0 Å². The molecule has 0 saturated carbocycles. The molecular weight excluding hydrogens is 447 g/mol. The van der Waals surface area contributed by atoms with E-state index in [-0.39, 0.29) is 32.1 Å². The summed E-state index contributed by atoms with van der Waals surface area (Å²) in [5, 5.41) is 2.99. The van der Waals surface area contributed by atoms with Gasteiger partial charge in [-0.05, 0) is 18.2 Å². The van der Waals surface area contributed by atoms with E-state index in [1.807, 2.05) is 0 Å². The standard InChI is InChI=1S/C17H17ClF3N5O3S/c1-30(28,29)26-7-5-25(6-8-26)15(27)13-10-22-16(24-14(13)17(19,20)21)23-12-4-2-3-11(18)9-12/h2-4,9-10H,5-8H2,1H3,(H,22,23,24). The van der Waals surface area contributed by atoms with Gasteiger partial charge in [0.05, 0.1) is 11.8 Å². The highest BCUT2D eigenvalue weighted by atomic mass is 35.5. The fourth-order valence-electron chi connectivity index (χ4n) is 2.90. The van der Waals surface area contributed by atoms with E-state index in [0.717, 1.165) is 21.7 Å². The van der Waals surface area contributed by atoms with Gasteiger partial charge in [0.15, 0.2) is 5.69 Å². The molecule has 1 aliphatic rings. The second-order valence-corrected chi connectivity index (χ2v) is 8.96. The number of hydrogen-bond donors (Lipinski definition) is 1. The summed E-state index contributed by atoms with van der Waals surface area (Å²) in [7, 11) is -3.44. The number of alkyl halides is 3. The number of nitrogens with zero attached hydrogens (tertiary/aromatic N) is 4. The number of nitrogens with one attached hydrogen (secondary N) is 1. The Morgan fingerprint density at radius 2 is 1.87 bits per heavy atom. The van der Waals surface area contributed by atoms with Crippen molar-refractivity contribution in [3.63, 3.8) is 0 Å². The number of carbonyl (C=O) groups excluding carboxylic acids is 1. The molecule has 1 amide bonds. The van der Waals surface area contributed by atoms with Crippen LogP contribution in [-0.4, -0.2) is 65.9 Å². The summed E-state index contributed by atoms with van der Waals surface area (Å²) in [6.07, 6.45) is -3.05. The summed E-state index contributed by atoms with van der Waals surface area (Å²) in [5.74, 6) is -1.26. The topological polar surface area (TPSA) is 95.5 Å². The third-order valence-electron chi connectivity index (χ3n) is 4.36. The molecule has 162 valence electrons. The monoisotopic (exact) mass is 463 g/mol. The predicted molar refractivity (Wildman–Crippen MR) is 104 cm³/mol. The Morgan fingerprint density at radius 3 is 2.43 bits per heavy atom. The number of piperazine rings is 1. The first-order valence-corrected chi connectivity index (χ1v) is 10.9. The third kappa shape index (κ3) is 5.18. The van der Waals surface area contributed by atoms with Gasteiger partial charge in [-0.3, -0.25) is 4.79 Å². The molecule has 0 aliphatic carbocycles. The van der Waals surface area contributed by atoms with Crippen LogP contribution in [0.3, 0.4) is 0 Å². The number of aromatic nitrogens is 2. The Bertz CT molecular complexity index is 1060. The van der Waals surface area contributed by atoms with E-state index in [1.54, 1.807) is 18.2 Å². The van der Waals surface area contributed by atoms with Gasteiger partial charge in [0.2, 0.25) is 16.0 Å². The molecule has 0 unspecified atom stereocenters. The average molecular weight is 464 g/mol. The molecule has 0 spiro atoms. The van der Waals surface area contributed by atoms with Crippen molar-refractivity contribution in [2.75, 3.05) is 37.8 Å². The lowest BCUT2D eigenvalue weighted by atomic mass is 10.2. The number of benzene rings is 1. The van der Waals surface area contributed by atoms with Crippen LogP contribution in [0.4, 0.5) is 24.8 Å². The van der Waals surface area contributed by atoms with E-state index < -0.39 is 33.4 Å². The normalized spacial score (nSPS) is 15.8. The van der Waals surface area contributed by atoms with E-state index in [4.69, 9.17) is 11.6 Å². The highest BCUT2D eigenvalue weighted by Crippen LogP contribution is 2.32. The van der Waals surface area contributed by atoms with Gasteiger partial charge in [-0.2, -0.15) is 17.5 Å². The van der Waals surface area contributed by atoms with Crippen LogP contribution in [0.2, 0.25) is 5.02 Å². The fraction of sp³-hybridized carbons (Fsp3) is 0.353. The molecule has 2 heterocycles. The molecule has 13 heteroatoms. The Balaban J connectivity index is 1.85. The van der Waals surface area contributed by atoms with Gasteiger partial charge in [0.25, 0.3) is 5.91 Å². The summed E-state index contributed by atoms with van der Waals surface area (Å²) in [6.45, 7) is -0.0696. The molecule has 1 aromatic heterocycles. The Kier molecular flexibility index (Phi) is 6.20. The molecule has 0 bridgehead atoms. The molecule has 1 aliphatic heterocycles. The zero-order valence-corrected chi connectivity index (χ0v) is 17.2. The van der Waals surface area contributed by atoms with Crippen molar-refractivity contribution < 1.29 is 26.4 Å². The molecule has 30 heavy (non-hydrogen) atoms. The minimum absolute atomic E-state index is 0.00118. The molecular formula is C17H17ClF3N5O3S. The summed E-state index contributed by atoms with van der Waals surface area (Å²) in [6, 6.07) is 6.25. The first kappa shape index (κ1) is 22.2. The lowest BCUT2D eigenvalue weighted by molar-refractivity contribution is -0.141. The minimum Gasteiger partial charge on any atom is -0.336 e. The molecule has 1 fully saturated rings. The van der Waals surface area contributed by atoms with E-state index in [0.29, 0.717) is 10.7 Å². The third-order valence-corrected chi connectivity index (χ3v) is 5.90. The maximum atomic E-state index is 13.6. The smallest absolute Gasteiger partial charge is 0.336 e. The van der Waals surface area contributed by atoms with Crippen molar-refractivity contribution >= 4 is 39.2 Å². The number of sulfonamides is 1. The van der Waals surface area contributed by atoms with Gasteiger partial charge >= 0.3 is 6.18 Å². The molecule has 1 saturated heterocycles. The molecule has 1 N–H and O–H groups in total. The first-order chi connectivity index (χ1) is 13.9. The fourth-order valence-corrected chi connectivity index (χ4v) is 3.92.